The summed E-state index contributed by atoms with van der Waals surface area (Å²) >= 11 is 5.49. The molecule has 0 spiro atoms. The number of rotatable bonds is 7. The van der Waals surface area contributed by atoms with Crippen LogP contribution in [0.4, 0.5) is 17.6 Å². The van der Waals surface area contributed by atoms with E-state index in [1.807, 2.05) is 0 Å². The molecule has 0 bridgehead atoms. The second kappa shape index (κ2) is 8.22. The van der Waals surface area contributed by atoms with Crippen molar-refractivity contribution >= 4 is 17.6 Å². The smallest absolute Gasteiger partial charge is 0.417 e. The molecule has 0 saturated heterocycles. The highest BCUT2D eigenvalue weighted by Gasteiger charge is 2.37. The topological polar surface area (TPSA) is 26.3 Å². The van der Waals surface area contributed by atoms with Gasteiger partial charge in [-0.2, -0.15) is 13.2 Å². The lowest BCUT2D eigenvalue weighted by molar-refractivity contribution is -0.138. The molecule has 0 radical (unpaired) electrons. The maximum atomic E-state index is 13.5. The highest BCUT2D eigenvalue weighted by molar-refractivity contribution is 6.17. The fraction of sp³-hybridized carbons (Fsp3) is 0.500. The van der Waals surface area contributed by atoms with Gasteiger partial charge in [0, 0.05) is 5.88 Å². The third-order valence-corrected chi connectivity index (χ3v) is 3.05. The zero-order valence-electron chi connectivity index (χ0n) is 11.2. The quantitative estimate of drug-likeness (QED) is 0.311. The van der Waals surface area contributed by atoms with E-state index in [-0.39, 0.29) is 6.61 Å². The largest absolute Gasteiger partial charge is 0.462 e. The van der Waals surface area contributed by atoms with E-state index < -0.39 is 29.1 Å². The van der Waals surface area contributed by atoms with Gasteiger partial charge < -0.3 is 4.74 Å². The highest BCUT2D eigenvalue weighted by Crippen LogP contribution is 2.33. The molecule has 0 N–H and O–H groups in total. The number of alkyl halides is 4. The van der Waals surface area contributed by atoms with Gasteiger partial charge in [0.15, 0.2) is 0 Å². The third kappa shape index (κ3) is 5.53. The minimum Gasteiger partial charge on any atom is -0.462 e. The fourth-order valence-corrected chi connectivity index (χ4v) is 1.94. The van der Waals surface area contributed by atoms with E-state index in [0.717, 1.165) is 31.4 Å². The van der Waals surface area contributed by atoms with E-state index in [2.05, 4.69) is 0 Å². The summed E-state index contributed by atoms with van der Waals surface area (Å²) in [7, 11) is 0. The summed E-state index contributed by atoms with van der Waals surface area (Å²) in [6, 6.07) is 2.35. The monoisotopic (exact) mass is 326 g/mol. The van der Waals surface area contributed by atoms with Gasteiger partial charge in [-0.3, -0.25) is 0 Å². The van der Waals surface area contributed by atoms with Crippen LogP contribution in [-0.4, -0.2) is 18.5 Å². The first-order chi connectivity index (χ1) is 9.88. The zero-order valence-corrected chi connectivity index (χ0v) is 11.9. The van der Waals surface area contributed by atoms with Crippen molar-refractivity contribution in [3.8, 4) is 0 Å². The molecule has 118 valence electrons. The van der Waals surface area contributed by atoms with E-state index >= 15 is 0 Å². The van der Waals surface area contributed by atoms with Crippen molar-refractivity contribution in [3.63, 3.8) is 0 Å². The van der Waals surface area contributed by atoms with Crippen molar-refractivity contribution in [1.82, 2.24) is 0 Å². The minimum atomic E-state index is -4.81. The second-order valence-electron chi connectivity index (χ2n) is 4.40. The SMILES string of the molecule is O=C(OCCCCCCCl)c1c(F)cccc1C(F)(F)F. The molecule has 7 heteroatoms. The third-order valence-electron chi connectivity index (χ3n) is 2.78. The Morgan fingerprint density at radius 3 is 2.43 bits per heavy atom. The van der Waals surface area contributed by atoms with E-state index in [4.69, 9.17) is 16.3 Å². The molecular weight excluding hydrogens is 312 g/mol. The molecule has 0 aromatic heterocycles. The van der Waals surface area contributed by atoms with E-state index in [1.165, 1.54) is 0 Å². The number of carbonyl (C=O) groups excluding carboxylic acids is 1. The molecule has 0 aliphatic heterocycles. The van der Waals surface area contributed by atoms with Gasteiger partial charge in [-0.15, -0.1) is 11.6 Å². The number of ether oxygens (including phenoxy) is 1. The Hall–Kier alpha value is -1.30. The number of esters is 1. The fourth-order valence-electron chi connectivity index (χ4n) is 1.75. The van der Waals surface area contributed by atoms with Crippen molar-refractivity contribution in [1.29, 1.82) is 0 Å². The van der Waals surface area contributed by atoms with Gasteiger partial charge in [-0.25, -0.2) is 9.18 Å². The molecule has 0 fully saturated rings. The van der Waals surface area contributed by atoms with Gasteiger partial charge in [-0.1, -0.05) is 18.9 Å². The average molecular weight is 327 g/mol. The van der Waals surface area contributed by atoms with Crippen LogP contribution in [0.1, 0.15) is 41.6 Å². The summed E-state index contributed by atoms with van der Waals surface area (Å²) in [5.41, 5.74) is -2.39. The molecule has 1 rings (SSSR count). The molecule has 0 unspecified atom stereocenters. The average Bonchev–Trinajstić information content (AvgIpc) is 2.41. The van der Waals surface area contributed by atoms with Crippen LogP contribution < -0.4 is 0 Å². The molecule has 0 amide bonds. The van der Waals surface area contributed by atoms with Gasteiger partial charge in [0.1, 0.15) is 11.4 Å². The zero-order chi connectivity index (χ0) is 15.9. The van der Waals surface area contributed by atoms with Crippen LogP contribution >= 0.6 is 11.6 Å². The number of carbonyl (C=O) groups is 1. The van der Waals surface area contributed by atoms with Crippen LogP contribution in [0, 0.1) is 5.82 Å². The molecule has 0 aliphatic carbocycles. The lowest BCUT2D eigenvalue weighted by Gasteiger charge is -2.13. The van der Waals surface area contributed by atoms with Crippen LogP contribution in [0.25, 0.3) is 0 Å². The van der Waals surface area contributed by atoms with E-state index in [0.29, 0.717) is 18.4 Å². The van der Waals surface area contributed by atoms with Gasteiger partial charge in [-0.05, 0) is 25.0 Å². The Morgan fingerprint density at radius 1 is 1.14 bits per heavy atom. The van der Waals surface area contributed by atoms with Crippen LogP contribution in [0.5, 0.6) is 0 Å². The second-order valence-corrected chi connectivity index (χ2v) is 4.78. The number of unbranched alkanes of at least 4 members (excludes halogenated alkanes) is 3. The number of hydrogen-bond acceptors (Lipinski definition) is 2. The van der Waals surface area contributed by atoms with Crippen LogP contribution in [-0.2, 0) is 10.9 Å². The van der Waals surface area contributed by atoms with Crippen molar-refractivity contribution in [2.45, 2.75) is 31.9 Å². The molecule has 0 heterocycles. The Labute approximate surface area is 125 Å². The van der Waals surface area contributed by atoms with Gasteiger partial charge in [0.05, 0.1) is 12.2 Å². The van der Waals surface area contributed by atoms with E-state index in [9.17, 15) is 22.4 Å². The van der Waals surface area contributed by atoms with Gasteiger partial charge in [0.25, 0.3) is 0 Å². The van der Waals surface area contributed by atoms with Crippen LogP contribution in [0.15, 0.2) is 18.2 Å². The minimum absolute atomic E-state index is 0.0489. The molecule has 1 aromatic carbocycles. The first kappa shape index (κ1) is 17.8. The predicted octanol–water partition coefficient (Wildman–Crippen LogP) is 4.80. The van der Waals surface area contributed by atoms with Crippen molar-refractivity contribution < 1.29 is 27.1 Å². The van der Waals surface area contributed by atoms with Crippen molar-refractivity contribution in [2.75, 3.05) is 12.5 Å². The van der Waals surface area contributed by atoms with E-state index in [1.54, 1.807) is 0 Å². The molecule has 0 saturated carbocycles. The maximum Gasteiger partial charge on any atom is 0.417 e. The lowest BCUT2D eigenvalue weighted by atomic mass is 10.1. The van der Waals surface area contributed by atoms with Crippen molar-refractivity contribution in [2.24, 2.45) is 0 Å². The van der Waals surface area contributed by atoms with Crippen LogP contribution in [0.3, 0.4) is 0 Å². The van der Waals surface area contributed by atoms with Crippen molar-refractivity contribution in [3.05, 3.63) is 35.1 Å². The van der Waals surface area contributed by atoms with Gasteiger partial charge in [0.2, 0.25) is 0 Å². The van der Waals surface area contributed by atoms with Crippen LogP contribution in [0.2, 0.25) is 0 Å². The number of hydrogen-bond donors (Lipinski definition) is 0. The Morgan fingerprint density at radius 2 is 1.81 bits per heavy atom. The number of benzene rings is 1. The molecular formula is C14H15ClF4O2. The summed E-state index contributed by atoms with van der Waals surface area (Å²) in [6.45, 7) is -0.0489. The summed E-state index contributed by atoms with van der Waals surface area (Å²) in [5, 5.41) is 0. The molecule has 0 atom stereocenters. The Balaban J connectivity index is 2.66. The molecule has 0 aliphatic rings. The number of halogens is 5. The molecule has 2 nitrogen and oxygen atoms in total. The first-order valence-electron chi connectivity index (χ1n) is 6.46. The summed E-state index contributed by atoms with van der Waals surface area (Å²) in [4.78, 5) is 11.6. The highest BCUT2D eigenvalue weighted by atomic mass is 35.5. The lowest BCUT2D eigenvalue weighted by Crippen LogP contribution is -2.17. The molecule has 1 aromatic rings. The standard InChI is InChI=1S/C14H15ClF4O2/c15-8-3-1-2-4-9-21-13(20)12-10(14(17,18)19)6-5-7-11(12)16/h5-7H,1-4,8-9H2. The Kier molecular flexibility index (Phi) is 6.95. The summed E-state index contributed by atoms with van der Waals surface area (Å²) in [5.74, 6) is -2.00. The summed E-state index contributed by atoms with van der Waals surface area (Å²) < 4.78 is 56.4. The van der Waals surface area contributed by atoms with Gasteiger partial charge >= 0.3 is 12.1 Å². The first-order valence-corrected chi connectivity index (χ1v) is 7.00. The normalized spacial score (nSPS) is 11.5. The summed E-state index contributed by atoms with van der Waals surface area (Å²) in [6.07, 6.45) is -1.91. The maximum absolute atomic E-state index is 13.5. The molecule has 21 heavy (non-hydrogen) atoms. The Bertz CT molecular complexity index is 475. The predicted molar refractivity (Wildman–Crippen MR) is 70.9 cm³/mol.